The maximum absolute atomic E-state index is 12.0. The Kier molecular flexibility index (Phi) is 6.23. The topological polar surface area (TPSA) is 102 Å². The van der Waals surface area contributed by atoms with Crippen molar-refractivity contribution in [2.75, 3.05) is 24.2 Å². The summed E-state index contributed by atoms with van der Waals surface area (Å²) in [5.74, 6) is 1.17. The van der Waals surface area contributed by atoms with E-state index in [2.05, 4.69) is 9.97 Å². The molecule has 1 aromatic heterocycles. The Labute approximate surface area is 188 Å². The lowest BCUT2D eigenvalue weighted by atomic mass is 10.0. The van der Waals surface area contributed by atoms with E-state index < -0.39 is 9.84 Å². The lowest BCUT2D eigenvalue weighted by molar-refractivity contribution is 0.0507. The van der Waals surface area contributed by atoms with Crippen LogP contribution in [-0.2, 0) is 14.6 Å². The predicted molar refractivity (Wildman–Crippen MR) is 120 cm³/mol. The van der Waals surface area contributed by atoms with Crippen LogP contribution in [0, 0.1) is 0 Å². The number of sulfone groups is 1. The molecule has 1 atom stereocenters. The Balaban J connectivity index is 1.38. The summed E-state index contributed by atoms with van der Waals surface area (Å²) in [5.41, 5.74) is 0.940. The van der Waals surface area contributed by atoms with Crippen molar-refractivity contribution in [1.82, 2.24) is 14.9 Å². The molecular weight excluding hydrogens is 432 g/mol. The van der Waals surface area contributed by atoms with Crippen LogP contribution in [0.15, 0.2) is 47.3 Å². The van der Waals surface area contributed by atoms with Crippen LogP contribution in [0.5, 0.6) is 5.88 Å². The van der Waals surface area contributed by atoms with Gasteiger partial charge in [-0.3, -0.25) is 0 Å². The van der Waals surface area contributed by atoms with E-state index in [9.17, 15) is 13.2 Å². The molecule has 1 saturated heterocycles. The fourth-order valence-electron chi connectivity index (χ4n) is 4.02. The molecule has 9 nitrogen and oxygen atoms in total. The van der Waals surface area contributed by atoms with Gasteiger partial charge in [0.2, 0.25) is 5.88 Å². The van der Waals surface area contributed by atoms with Crippen molar-refractivity contribution in [3.05, 3.63) is 47.3 Å². The van der Waals surface area contributed by atoms with Crippen LogP contribution in [0.4, 0.5) is 10.6 Å². The van der Waals surface area contributed by atoms with E-state index in [1.807, 2.05) is 31.0 Å². The van der Waals surface area contributed by atoms with Gasteiger partial charge in [0.1, 0.15) is 18.2 Å². The SMILES string of the molecule is CC(C)OC(=O)N1CCC(Oc2cc(N3C=CC4=CC(S(C)(=O)=O)=CCC43)ncn2)CC1. The maximum atomic E-state index is 12.0. The molecule has 0 aromatic carbocycles. The van der Waals surface area contributed by atoms with Gasteiger partial charge in [0.25, 0.3) is 0 Å². The van der Waals surface area contributed by atoms with Crippen LogP contribution in [0.3, 0.4) is 0 Å². The molecule has 1 aromatic rings. The van der Waals surface area contributed by atoms with E-state index >= 15 is 0 Å². The van der Waals surface area contributed by atoms with Gasteiger partial charge in [-0.15, -0.1) is 0 Å². The number of likely N-dealkylation sites (tertiary alicyclic amines) is 1. The zero-order chi connectivity index (χ0) is 22.9. The van der Waals surface area contributed by atoms with Crippen LogP contribution in [-0.4, -0.2) is 67.0 Å². The molecule has 1 unspecified atom stereocenters. The highest BCUT2D eigenvalue weighted by Gasteiger charge is 2.30. The summed E-state index contributed by atoms with van der Waals surface area (Å²) in [7, 11) is -3.23. The third-order valence-electron chi connectivity index (χ3n) is 5.64. The van der Waals surface area contributed by atoms with E-state index in [1.165, 1.54) is 12.6 Å². The van der Waals surface area contributed by atoms with Crippen molar-refractivity contribution in [3.63, 3.8) is 0 Å². The standard InChI is InChI=1S/C22H28N4O5S/c1-15(2)30-22(27)25-9-7-17(8-10-25)31-21-13-20(23-14-24-21)26-11-6-16-12-18(32(3,28)29)4-5-19(16)26/h4,6,11-15,17,19H,5,7-10H2,1-3H3. The fraction of sp³-hybridized carbons (Fsp3) is 0.500. The van der Waals surface area contributed by atoms with Crippen LogP contribution in [0.1, 0.15) is 33.1 Å². The van der Waals surface area contributed by atoms with E-state index in [4.69, 9.17) is 9.47 Å². The molecule has 0 saturated carbocycles. The molecule has 10 heteroatoms. The minimum atomic E-state index is -3.23. The minimum Gasteiger partial charge on any atom is -0.474 e. The average Bonchev–Trinajstić information content (AvgIpc) is 3.17. The van der Waals surface area contributed by atoms with Gasteiger partial charge in [0.05, 0.1) is 17.1 Å². The summed E-state index contributed by atoms with van der Waals surface area (Å²) in [6.07, 6.45) is 11.5. The number of hydrogen-bond donors (Lipinski definition) is 0. The highest BCUT2D eigenvalue weighted by molar-refractivity contribution is 7.94. The molecule has 1 fully saturated rings. The highest BCUT2D eigenvalue weighted by atomic mass is 32.2. The normalized spacial score (nSPS) is 21.3. The molecule has 2 aliphatic heterocycles. The number of ether oxygens (including phenoxy) is 2. The van der Waals surface area contributed by atoms with Crippen LogP contribution >= 0.6 is 0 Å². The van der Waals surface area contributed by atoms with E-state index in [1.54, 1.807) is 23.1 Å². The van der Waals surface area contributed by atoms with Crippen LogP contribution < -0.4 is 9.64 Å². The molecule has 172 valence electrons. The lowest BCUT2D eigenvalue weighted by Gasteiger charge is -2.32. The number of hydrogen-bond acceptors (Lipinski definition) is 8. The number of allylic oxidation sites excluding steroid dienone is 1. The second kappa shape index (κ2) is 8.93. The largest absolute Gasteiger partial charge is 0.474 e. The Bertz CT molecular complexity index is 1070. The fourth-order valence-corrected chi connectivity index (χ4v) is 4.77. The lowest BCUT2D eigenvalue weighted by Crippen LogP contribution is -2.42. The van der Waals surface area contributed by atoms with Gasteiger partial charge < -0.3 is 19.3 Å². The van der Waals surface area contributed by atoms with Gasteiger partial charge in [-0.1, -0.05) is 6.08 Å². The molecule has 0 radical (unpaired) electrons. The zero-order valence-electron chi connectivity index (χ0n) is 18.5. The molecular formula is C22H28N4O5S. The molecule has 3 aliphatic rings. The second-order valence-corrected chi connectivity index (χ2v) is 10.5. The summed E-state index contributed by atoms with van der Waals surface area (Å²) >= 11 is 0. The number of carbonyl (C=O) groups is 1. The van der Waals surface area contributed by atoms with E-state index in [0.717, 1.165) is 5.57 Å². The number of nitrogens with zero attached hydrogens (tertiary/aromatic N) is 4. The first-order valence-electron chi connectivity index (χ1n) is 10.7. The van der Waals surface area contributed by atoms with Crippen molar-refractivity contribution in [2.45, 2.75) is 51.4 Å². The van der Waals surface area contributed by atoms with Gasteiger partial charge in [-0.05, 0) is 38.0 Å². The first kappa shape index (κ1) is 22.3. The van der Waals surface area contributed by atoms with Gasteiger partial charge in [-0.2, -0.15) is 0 Å². The van der Waals surface area contributed by atoms with Crippen molar-refractivity contribution >= 4 is 21.7 Å². The number of aromatic nitrogens is 2. The number of piperidine rings is 1. The second-order valence-electron chi connectivity index (χ2n) is 8.45. The Morgan fingerprint density at radius 3 is 2.66 bits per heavy atom. The molecule has 3 heterocycles. The van der Waals surface area contributed by atoms with E-state index in [0.29, 0.717) is 49.0 Å². The Hall–Kier alpha value is -2.88. The number of rotatable bonds is 5. The smallest absolute Gasteiger partial charge is 0.410 e. The number of carbonyl (C=O) groups excluding carboxylic acids is 1. The molecule has 0 bridgehead atoms. The summed E-state index contributed by atoms with van der Waals surface area (Å²) in [5, 5.41) is 0. The van der Waals surface area contributed by atoms with Gasteiger partial charge in [0.15, 0.2) is 9.84 Å². The van der Waals surface area contributed by atoms with Gasteiger partial charge in [-0.25, -0.2) is 23.2 Å². The Morgan fingerprint density at radius 2 is 1.97 bits per heavy atom. The monoisotopic (exact) mass is 460 g/mol. The van der Waals surface area contributed by atoms with Crippen molar-refractivity contribution < 1.29 is 22.7 Å². The summed E-state index contributed by atoms with van der Waals surface area (Å²) < 4.78 is 35.0. The predicted octanol–water partition coefficient (Wildman–Crippen LogP) is 2.83. The molecule has 1 aliphatic carbocycles. The Morgan fingerprint density at radius 1 is 1.22 bits per heavy atom. The number of fused-ring (bicyclic) bond motifs is 1. The summed E-state index contributed by atoms with van der Waals surface area (Å²) in [6.45, 7) is 4.83. The quantitative estimate of drug-likeness (QED) is 0.661. The highest BCUT2D eigenvalue weighted by Crippen LogP contribution is 2.34. The molecule has 4 rings (SSSR count). The molecule has 0 spiro atoms. The van der Waals surface area contributed by atoms with Crippen LogP contribution in [0.25, 0.3) is 0 Å². The van der Waals surface area contributed by atoms with Gasteiger partial charge in [0, 0.05) is 44.5 Å². The molecule has 1 amide bonds. The van der Waals surface area contributed by atoms with Crippen molar-refractivity contribution in [3.8, 4) is 5.88 Å². The molecule has 0 N–H and O–H groups in total. The number of amides is 1. The summed E-state index contributed by atoms with van der Waals surface area (Å²) in [4.78, 5) is 24.7. The minimum absolute atomic E-state index is 0.00143. The van der Waals surface area contributed by atoms with Crippen LogP contribution in [0.2, 0.25) is 0 Å². The summed E-state index contributed by atoms with van der Waals surface area (Å²) in [6, 6.07) is 1.79. The first-order chi connectivity index (χ1) is 15.2. The van der Waals surface area contributed by atoms with Crippen molar-refractivity contribution in [1.29, 1.82) is 0 Å². The molecule has 32 heavy (non-hydrogen) atoms. The van der Waals surface area contributed by atoms with E-state index in [-0.39, 0.29) is 24.3 Å². The third-order valence-corrected chi connectivity index (χ3v) is 6.78. The van der Waals surface area contributed by atoms with Gasteiger partial charge >= 0.3 is 6.09 Å². The zero-order valence-corrected chi connectivity index (χ0v) is 19.3. The maximum Gasteiger partial charge on any atom is 0.410 e. The average molecular weight is 461 g/mol. The number of anilines is 1. The third kappa shape index (κ3) is 4.95. The van der Waals surface area contributed by atoms with Crippen molar-refractivity contribution in [2.24, 2.45) is 0 Å². The first-order valence-corrected chi connectivity index (χ1v) is 12.6.